The Morgan fingerprint density at radius 1 is 1.09 bits per heavy atom. The number of para-hydroxylation sites is 1. The molecule has 166 valence electrons. The summed E-state index contributed by atoms with van der Waals surface area (Å²) in [7, 11) is 0. The van der Waals surface area contributed by atoms with Gasteiger partial charge in [0.25, 0.3) is 5.91 Å². The van der Waals surface area contributed by atoms with Crippen LogP contribution in [-0.4, -0.2) is 40.5 Å². The highest BCUT2D eigenvalue weighted by Gasteiger charge is 2.29. The molecule has 0 N–H and O–H groups in total. The van der Waals surface area contributed by atoms with E-state index in [9.17, 15) is 9.59 Å². The minimum Gasteiger partial charge on any atom is -0.465 e. The van der Waals surface area contributed by atoms with Crippen molar-refractivity contribution in [2.45, 2.75) is 52.6 Å². The van der Waals surface area contributed by atoms with Crippen LogP contribution in [0.5, 0.6) is 0 Å². The van der Waals surface area contributed by atoms with E-state index in [2.05, 4.69) is 0 Å². The lowest BCUT2D eigenvalue weighted by Crippen LogP contribution is -2.44. The molecule has 0 radical (unpaired) electrons. The van der Waals surface area contributed by atoms with Crippen molar-refractivity contribution in [3.8, 4) is 0 Å². The number of hydrogen-bond acceptors (Lipinski definition) is 5. The molecule has 0 atom stereocenters. The molecule has 2 aromatic heterocycles. The highest BCUT2D eigenvalue weighted by Crippen LogP contribution is 2.37. The second kappa shape index (κ2) is 8.99. The van der Waals surface area contributed by atoms with Crippen LogP contribution in [0.1, 0.15) is 61.5 Å². The fraction of sp³-hybridized carbons (Fsp3) is 0.346. The second-order valence-electron chi connectivity index (χ2n) is 8.58. The number of ether oxygens (including phenoxy) is 1. The van der Waals surface area contributed by atoms with Crippen LogP contribution in [0.4, 0.5) is 0 Å². The third kappa shape index (κ3) is 4.17. The number of rotatable bonds is 6. The van der Waals surface area contributed by atoms with Crippen LogP contribution in [0.15, 0.2) is 47.1 Å². The molecular weight excluding hydrogens is 404 g/mol. The molecule has 0 saturated heterocycles. The van der Waals surface area contributed by atoms with E-state index in [1.54, 1.807) is 11.2 Å². The van der Waals surface area contributed by atoms with Crippen molar-refractivity contribution in [3.63, 3.8) is 0 Å². The molecule has 0 unspecified atom stereocenters. The lowest BCUT2D eigenvalue weighted by atomic mass is 10.0. The number of carbonyl (C=O) groups is 2. The van der Waals surface area contributed by atoms with E-state index in [-0.39, 0.29) is 24.6 Å². The zero-order chi connectivity index (χ0) is 22.8. The summed E-state index contributed by atoms with van der Waals surface area (Å²) < 4.78 is 11.0. The Morgan fingerprint density at radius 3 is 2.53 bits per heavy atom. The van der Waals surface area contributed by atoms with Crippen molar-refractivity contribution in [1.82, 2.24) is 9.88 Å². The Labute approximate surface area is 187 Å². The molecule has 6 nitrogen and oxygen atoms in total. The normalized spacial score (nSPS) is 14.4. The number of allylic oxidation sites excluding steroid dienone is 1. The van der Waals surface area contributed by atoms with E-state index in [0.717, 1.165) is 39.9 Å². The molecule has 4 rings (SSSR count). The Balaban J connectivity index is 1.68. The van der Waals surface area contributed by atoms with Gasteiger partial charge >= 0.3 is 5.97 Å². The SMILES string of the molecule is CC(C)N(C(=O)COC(=O)c1c2c(nc3ccccc13)/C(=C\c1ccco1)CC2)C(C)C. The van der Waals surface area contributed by atoms with E-state index in [1.807, 2.05) is 70.2 Å². The van der Waals surface area contributed by atoms with Gasteiger partial charge in [0.1, 0.15) is 5.76 Å². The van der Waals surface area contributed by atoms with Gasteiger partial charge in [-0.3, -0.25) is 4.79 Å². The Bertz CT molecular complexity index is 1170. The number of nitrogens with zero attached hydrogens (tertiary/aromatic N) is 2. The first-order valence-corrected chi connectivity index (χ1v) is 11.0. The van der Waals surface area contributed by atoms with E-state index in [0.29, 0.717) is 12.0 Å². The van der Waals surface area contributed by atoms with Gasteiger partial charge in [-0.15, -0.1) is 0 Å². The van der Waals surface area contributed by atoms with Crippen molar-refractivity contribution < 1.29 is 18.7 Å². The predicted molar refractivity (Wildman–Crippen MR) is 124 cm³/mol. The smallest absolute Gasteiger partial charge is 0.339 e. The summed E-state index contributed by atoms with van der Waals surface area (Å²) in [4.78, 5) is 32.5. The van der Waals surface area contributed by atoms with Gasteiger partial charge in [-0.05, 0) is 75.9 Å². The lowest BCUT2D eigenvalue weighted by Gasteiger charge is -2.30. The summed E-state index contributed by atoms with van der Waals surface area (Å²) in [6, 6.07) is 11.3. The molecule has 0 saturated carbocycles. The van der Waals surface area contributed by atoms with Crippen LogP contribution in [-0.2, 0) is 16.0 Å². The molecule has 0 fully saturated rings. The maximum absolute atomic E-state index is 13.3. The van der Waals surface area contributed by atoms with Crippen molar-refractivity contribution in [2.75, 3.05) is 6.61 Å². The van der Waals surface area contributed by atoms with Crippen molar-refractivity contribution in [3.05, 3.63) is 65.2 Å². The molecule has 0 bridgehead atoms. The number of pyridine rings is 1. The first-order valence-electron chi connectivity index (χ1n) is 11.0. The summed E-state index contributed by atoms with van der Waals surface area (Å²) >= 11 is 0. The van der Waals surface area contributed by atoms with Crippen LogP contribution < -0.4 is 0 Å². The van der Waals surface area contributed by atoms with Crippen LogP contribution in [0.3, 0.4) is 0 Å². The number of hydrogen-bond donors (Lipinski definition) is 0. The first kappa shape index (κ1) is 21.8. The third-order valence-corrected chi connectivity index (χ3v) is 5.73. The number of fused-ring (bicyclic) bond motifs is 2. The van der Waals surface area contributed by atoms with Gasteiger partial charge in [0.15, 0.2) is 6.61 Å². The largest absolute Gasteiger partial charge is 0.465 e. The molecule has 1 amide bonds. The van der Waals surface area contributed by atoms with Gasteiger partial charge in [-0.25, -0.2) is 9.78 Å². The number of furan rings is 1. The van der Waals surface area contributed by atoms with Gasteiger partial charge in [-0.1, -0.05) is 18.2 Å². The Kier molecular flexibility index (Phi) is 6.12. The summed E-state index contributed by atoms with van der Waals surface area (Å²) in [5, 5.41) is 0.743. The molecule has 3 aromatic rings. The molecule has 0 aliphatic heterocycles. The molecule has 1 aliphatic carbocycles. The van der Waals surface area contributed by atoms with Gasteiger partial charge in [0.2, 0.25) is 0 Å². The molecule has 2 heterocycles. The van der Waals surface area contributed by atoms with E-state index in [1.165, 1.54) is 0 Å². The van der Waals surface area contributed by atoms with Crippen molar-refractivity contribution >= 4 is 34.4 Å². The standard InChI is InChI=1S/C26H28N2O4/c1-16(2)28(17(3)4)23(29)15-32-26(30)24-20-9-5-6-10-22(20)27-25-18(11-12-21(24)25)14-19-8-7-13-31-19/h5-10,13-14,16-17H,11-12,15H2,1-4H3/b18-14-. The monoisotopic (exact) mass is 432 g/mol. The molecule has 0 spiro atoms. The third-order valence-electron chi connectivity index (χ3n) is 5.73. The number of carbonyl (C=O) groups excluding carboxylic acids is 2. The van der Waals surface area contributed by atoms with E-state index < -0.39 is 5.97 Å². The summed E-state index contributed by atoms with van der Waals surface area (Å²) in [6.45, 7) is 7.53. The van der Waals surface area contributed by atoms with Gasteiger partial charge in [-0.2, -0.15) is 0 Å². The maximum Gasteiger partial charge on any atom is 0.339 e. The topological polar surface area (TPSA) is 72.6 Å². The quantitative estimate of drug-likeness (QED) is 0.506. The van der Waals surface area contributed by atoms with Crippen molar-refractivity contribution in [1.29, 1.82) is 0 Å². The van der Waals surface area contributed by atoms with E-state index >= 15 is 0 Å². The summed E-state index contributed by atoms with van der Waals surface area (Å²) in [5.41, 5.74) is 3.91. The number of amides is 1. The zero-order valence-corrected chi connectivity index (χ0v) is 18.9. The zero-order valence-electron chi connectivity index (χ0n) is 18.9. The van der Waals surface area contributed by atoms with Crippen LogP contribution in [0.2, 0.25) is 0 Å². The number of aromatic nitrogens is 1. The van der Waals surface area contributed by atoms with E-state index in [4.69, 9.17) is 14.1 Å². The van der Waals surface area contributed by atoms with Crippen LogP contribution in [0.25, 0.3) is 22.6 Å². The van der Waals surface area contributed by atoms with Crippen LogP contribution >= 0.6 is 0 Å². The van der Waals surface area contributed by atoms with Gasteiger partial charge in [0, 0.05) is 17.5 Å². The molecule has 1 aliphatic rings. The fourth-order valence-corrected chi connectivity index (χ4v) is 4.50. The average molecular weight is 433 g/mol. The fourth-order valence-electron chi connectivity index (χ4n) is 4.50. The molecule has 32 heavy (non-hydrogen) atoms. The molecular formula is C26H28N2O4. The highest BCUT2D eigenvalue weighted by atomic mass is 16.5. The lowest BCUT2D eigenvalue weighted by molar-refractivity contribution is -0.138. The minimum atomic E-state index is -0.486. The number of esters is 1. The van der Waals surface area contributed by atoms with Crippen LogP contribution in [0, 0.1) is 0 Å². The first-order chi connectivity index (χ1) is 15.4. The Morgan fingerprint density at radius 2 is 1.84 bits per heavy atom. The average Bonchev–Trinajstić information content (AvgIpc) is 3.40. The summed E-state index contributed by atoms with van der Waals surface area (Å²) in [5.74, 6) is 0.0664. The summed E-state index contributed by atoms with van der Waals surface area (Å²) in [6.07, 6.45) is 5.04. The minimum absolute atomic E-state index is 0.0292. The Hall–Kier alpha value is -3.41. The second-order valence-corrected chi connectivity index (χ2v) is 8.58. The van der Waals surface area contributed by atoms with Gasteiger partial charge in [0.05, 0.1) is 23.0 Å². The maximum atomic E-state index is 13.3. The van der Waals surface area contributed by atoms with Gasteiger partial charge < -0.3 is 14.1 Å². The number of benzene rings is 1. The molecule has 6 heteroatoms. The van der Waals surface area contributed by atoms with Crippen molar-refractivity contribution in [2.24, 2.45) is 0 Å². The molecule has 1 aromatic carbocycles. The predicted octanol–water partition coefficient (Wildman–Crippen LogP) is 5.12. The highest BCUT2D eigenvalue weighted by molar-refractivity contribution is 6.07.